The first-order valence-electron chi connectivity index (χ1n) is 6.60. The third-order valence-corrected chi connectivity index (χ3v) is 4.23. The van der Waals surface area contributed by atoms with Crippen LogP contribution in [0.3, 0.4) is 0 Å². The highest BCUT2D eigenvalue weighted by atomic mass is 15.0. The molecule has 2 aliphatic carbocycles. The van der Waals surface area contributed by atoms with Gasteiger partial charge in [0.1, 0.15) is 0 Å². The van der Waals surface area contributed by atoms with Gasteiger partial charge in [-0.3, -0.25) is 0 Å². The molecule has 0 spiro atoms. The Morgan fingerprint density at radius 2 is 2.00 bits per heavy atom. The molecule has 16 heavy (non-hydrogen) atoms. The van der Waals surface area contributed by atoms with E-state index in [-0.39, 0.29) is 0 Å². The predicted octanol–water partition coefficient (Wildman–Crippen LogP) is 3.60. The van der Waals surface area contributed by atoms with Crippen LogP contribution in [0.4, 0.5) is 0 Å². The quantitative estimate of drug-likeness (QED) is 0.809. The summed E-state index contributed by atoms with van der Waals surface area (Å²) >= 11 is 0. The van der Waals surface area contributed by atoms with Crippen molar-refractivity contribution in [3.63, 3.8) is 0 Å². The van der Waals surface area contributed by atoms with Crippen molar-refractivity contribution in [1.29, 1.82) is 0 Å². The van der Waals surface area contributed by atoms with Crippen molar-refractivity contribution in [2.75, 3.05) is 0 Å². The lowest BCUT2D eigenvalue weighted by Gasteiger charge is -2.39. The number of rotatable bonds is 4. The van der Waals surface area contributed by atoms with Crippen molar-refractivity contribution in [3.05, 3.63) is 35.4 Å². The fraction of sp³-hybridized carbons (Fsp3) is 0.600. The molecule has 2 aliphatic rings. The van der Waals surface area contributed by atoms with E-state index in [1.54, 1.807) is 5.56 Å². The number of nitrogens with one attached hydrogen (secondary N) is 1. The van der Waals surface area contributed by atoms with Gasteiger partial charge in [0.25, 0.3) is 0 Å². The first kappa shape index (κ1) is 10.3. The zero-order valence-electron chi connectivity index (χ0n) is 10.1. The van der Waals surface area contributed by atoms with E-state index in [1.165, 1.54) is 37.7 Å². The van der Waals surface area contributed by atoms with E-state index >= 15 is 0 Å². The average Bonchev–Trinajstić information content (AvgIpc) is 3.08. The summed E-state index contributed by atoms with van der Waals surface area (Å²) in [6.07, 6.45) is 6.88. The number of hydrogen-bond donors (Lipinski definition) is 1. The molecule has 86 valence electrons. The lowest BCUT2D eigenvalue weighted by atomic mass is 9.78. The van der Waals surface area contributed by atoms with Crippen LogP contribution < -0.4 is 5.32 Å². The zero-order chi connectivity index (χ0) is 11.0. The second-order valence-corrected chi connectivity index (χ2v) is 5.74. The molecule has 1 nitrogen and oxygen atoms in total. The molecule has 1 aromatic rings. The summed E-state index contributed by atoms with van der Waals surface area (Å²) in [7, 11) is 0. The van der Waals surface area contributed by atoms with Crippen molar-refractivity contribution in [2.24, 2.45) is 0 Å². The molecule has 0 unspecified atom stereocenters. The van der Waals surface area contributed by atoms with Crippen molar-refractivity contribution >= 4 is 0 Å². The maximum Gasteiger partial charge on any atom is 0.0213 e. The fourth-order valence-electron chi connectivity index (χ4n) is 2.68. The molecule has 0 aliphatic heterocycles. The topological polar surface area (TPSA) is 12.0 Å². The molecule has 0 atom stereocenters. The predicted molar refractivity (Wildman–Crippen MR) is 67.5 cm³/mol. The molecule has 0 bridgehead atoms. The van der Waals surface area contributed by atoms with E-state index in [0.29, 0.717) is 5.54 Å². The Morgan fingerprint density at radius 1 is 1.25 bits per heavy atom. The maximum atomic E-state index is 3.73. The minimum atomic E-state index is 0.427. The monoisotopic (exact) mass is 215 g/mol. The maximum absolute atomic E-state index is 3.73. The molecule has 0 heterocycles. The summed E-state index contributed by atoms with van der Waals surface area (Å²) in [6.45, 7) is 3.42. The Kier molecular flexibility index (Phi) is 2.51. The molecule has 0 aromatic heterocycles. The molecule has 0 saturated heterocycles. The summed E-state index contributed by atoms with van der Waals surface area (Å²) in [6, 6.07) is 8.97. The Bertz CT molecular complexity index is 375. The normalized spacial score (nSPS) is 22.8. The van der Waals surface area contributed by atoms with Gasteiger partial charge in [0.15, 0.2) is 0 Å². The third-order valence-electron chi connectivity index (χ3n) is 4.23. The van der Waals surface area contributed by atoms with Crippen LogP contribution in [-0.4, -0.2) is 5.54 Å². The fourth-order valence-corrected chi connectivity index (χ4v) is 2.68. The second-order valence-electron chi connectivity index (χ2n) is 5.74. The van der Waals surface area contributed by atoms with Crippen LogP contribution in [0, 0.1) is 0 Å². The third kappa shape index (κ3) is 2.01. The van der Waals surface area contributed by atoms with Gasteiger partial charge in [0, 0.05) is 12.1 Å². The SMILES string of the molecule is CC1(NCc2ccccc2C2CC2)CCC1. The lowest BCUT2D eigenvalue weighted by Crippen LogP contribution is -2.47. The van der Waals surface area contributed by atoms with E-state index in [2.05, 4.69) is 36.5 Å². The first-order chi connectivity index (χ1) is 7.77. The highest BCUT2D eigenvalue weighted by Crippen LogP contribution is 2.41. The van der Waals surface area contributed by atoms with Gasteiger partial charge >= 0.3 is 0 Å². The van der Waals surface area contributed by atoms with Gasteiger partial charge in [0.05, 0.1) is 0 Å². The Hall–Kier alpha value is -0.820. The summed E-state index contributed by atoms with van der Waals surface area (Å²) < 4.78 is 0. The van der Waals surface area contributed by atoms with Crippen LogP contribution in [0.15, 0.2) is 24.3 Å². The second kappa shape index (κ2) is 3.89. The van der Waals surface area contributed by atoms with Crippen LogP contribution in [0.1, 0.15) is 56.1 Å². The van der Waals surface area contributed by atoms with E-state index < -0.39 is 0 Å². The van der Waals surface area contributed by atoms with Crippen LogP contribution in [0.5, 0.6) is 0 Å². The van der Waals surface area contributed by atoms with Crippen LogP contribution in [-0.2, 0) is 6.54 Å². The minimum absolute atomic E-state index is 0.427. The van der Waals surface area contributed by atoms with E-state index in [9.17, 15) is 0 Å². The zero-order valence-corrected chi connectivity index (χ0v) is 10.1. The largest absolute Gasteiger partial charge is 0.307 e. The highest BCUT2D eigenvalue weighted by Gasteiger charge is 2.31. The van der Waals surface area contributed by atoms with Gasteiger partial charge in [-0.05, 0) is 56.1 Å². The van der Waals surface area contributed by atoms with Crippen LogP contribution in [0.25, 0.3) is 0 Å². The van der Waals surface area contributed by atoms with Gasteiger partial charge in [0.2, 0.25) is 0 Å². The Balaban J connectivity index is 1.69. The standard InChI is InChI=1S/C15H21N/c1-15(9-4-10-15)16-11-13-5-2-3-6-14(13)12-7-8-12/h2-3,5-6,12,16H,4,7-11H2,1H3. The van der Waals surface area contributed by atoms with E-state index in [0.717, 1.165) is 12.5 Å². The molecule has 1 N–H and O–H groups in total. The molecule has 0 amide bonds. The van der Waals surface area contributed by atoms with E-state index in [1.807, 2.05) is 0 Å². The molecular formula is C15H21N. The lowest BCUT2D eigenvalue weighted by molar-refractivity contribution is 0.206. The van der Waals surface area contributed by atoms with Crippen molar-refractivity contribution in [1.82, 2.24) is 5.32 Å². The van der Waals surface area contributed by atoms with Crippen molar-refractivity contribution in [2.45, 2.75) is 57.0 Å². The summed E-state index contributed by atoms with van der Waals surface area (Å²) in [4.78, 5) is 0. The summed E-state index contributed by atoms with van der Waals surface area (Å²) in [5.74, 6) is 0.868. The van der Waals surface area contributed by atoms with Gasteiger partial charge in [-0.15, -0.1) is 0 Å². The molecular weight excluding hydrogens is 194 g/mol. The molecule has 1 aromatic carbocycles. The molecule has 2 fully saturated rings. The van der Waals surface area contributed by atoms with Gasteiger partial charge in [-0.1, -0.05) is 24.3 Å². The van der Waals surface area contributed by atoms with E-state index in [4.69, 9.17) is 0 Å². The van der Waals surface area contributed by atoms with Crippen molar-refractivity contribution in [3.8, 4) is 0 Å². The molecule has 1 heteroatoms. The Morgan fingerprint density at radius 3 is 2.62 bits per heavy atom. The molecule has 0 radical (unpaired) electrons. The smallest absolute Gasteiger partial charge is 0.0213 e. The van der Waals surface area contributed by atoms with Crippen LogP contribution >= 0.6 is 0 Å². The van der Waals surface area contributed by atoms with Gasteiger partial charge in [-0.2, -0.15) is 0 Å². The summed E-state index contributed by atoms with van der Waals surface area (Å²) in [5, 5.41) is 3.73. The Labute approximate surface area is 98.3 Å². The van der Waals surface area contributed by atoms with Gasteiger partial charge in [-0.25, -0.2) is 0 Å². The number of hydrogen-bond acceptors (Lipinski definition) is 1. The summed E-state index contributed by atoms with van der Waals surface area (Å²) in [5.41, 5.74) is 3.55. The van der Waals surface area contributed by atoms with Gasteiger partial charge < -0.3 is 5.32 Å². The first-order valence-corrected chi connectivity index (χ1v) is 6.60. The molecule has 2 saturated carbocycles. The number of benzene rings is 1. The average molecular weight is 215 g/mol. The minimum Gasteiger partial charge on any atom is -0.307 e. The molecule has 3 rings (SSSR count). The van der Waals surface area contributed by atoms with Crippen LogP contribution in [0.2, 0.25) is 0 Å². The van der Waals surface area contributed by atoms with Crippen molar-refractivity contribution < 1.29 is 0 Å². The highest BCUT2D eigenvalue weighted by molar-refractivity contribution is 5.33.